The molecule has 0 aliphatic rings. The van der Waals surface area contributed by atoms with Crippen LogP contribution in [0.4, 0.5) is 0 Å². The standard InChI is InChI=1S/C21H19N3O2/c1-14(2)25-17-11-15(20-23-19-9-6-10-22-21(19)24-20)12-18(13-17)26-16-7-4-3-5-8-16/h3-14H,1-2H3,(H,22,23,24). The minimum absolute atomic E-state index is 0.0622. The first-order chi connectivity index (χ1) is 12.7. The molecule has 0 bridgehead atoms. The van der Waals surface area contributed by atoms with Gasteiger partial charge in [0.15, 0.2) is 5.65 Å². The zero-order valence-corrected chi connectivity index (χ0v) is 14.6. The third kappa shape index (κ3) is 3.52. The fourth-order valence-electron chi connectivity index (χ4n) is 2.71. The number of pyridine rings is 1. The summed E-state index contributed by atoms with van der Waals surface area (Å²) in [6.45, 7) is 3.99. The first kappa shape index (κ1) is 16.1. The molecule has 2 heterocycles. The lowest BCUT2D eigenvalue weighted by Crippen LogP contribution is -2.05. The monoisotopic (exact) mass is 345 g/mol. The van der Waals surface area contributed by atoms with Crippen LogP contribution in [-0.2, 0) is 0 Å². The molecule has 2 aromatic heterocycles. The van der Waals surface area contributed by atoms with Gasteiger partial charge in [0, 0.05) is 17.8 Å². The van der Waals surface area contributed by atoms with Crippen molar-refractivity contribution in [3.63, 3.8) is 0 Å². The summed E-state index contributed by atoms with van der Waals surface area (Å²) in [5.74, 6) is 2.92. The van der Waals surface area contributed by atoms with E-state index in [1.54, 1.807) is 6.20 Å². The first-order valence-electron chi connectivity index (χ1n) is 8.53. The number of nitrogens with one attached hydrogen (secondary N) is 1. The largest absolute Gasteiger partial charge is 0.491 e. The van der Waals surface area contributed by atoms with Crippen LogP contribution in [0.15, 0.2) is 66.9 Å². The second-order valence-electron chi connectivity index (χ2n) is 6.23. The Bertz CT molecular complexity index is 993. The van der Waals surface area contributed by atoms with Crippen molar-refractivity contribution in [2.45, 2.75) is 20.0 Å². The molecule has 0 atom stereocenters. The van der Waals surface area contributed by atoms with Gasteiger partial charge in [-0.1, -0.05) is 18.2 Å². The Labute approximate surface area is 151 Å². The van der Waals surface area contributed by atoms with E-state index in [1.165, 1.54) is 0 Å². The smallest absolute Gasteiger partial charge is 0.178 e. The van der Waals surface area contributed by atoms with Gasteiger partial charge >= 0.3 is 0 Å². The molecule has 0 saturated heterocycles. The van der Waals surface area contributed by atoms with Crippen molar-refractivity contribution in [3.05, 3.63) is 66.9 Å². The van der Waals surface area contributed by atoms with Gasteiger partial charge in [0.2, 0.25) is 0 Å². The molecule has 26 heavy (non-hydrogen) atoms. The molecule has 0 aliphatic heterocycles. The number of ether oxygens (including phenoxy) is 2. The minimum atomic E-state index is 0.0622. The van der Waals surface area contributed by atoms with E-state index >= 15 is 0 Å². The Morgan fingerprint density at radius 2 is 1.69 bits per heavy atom. The zero-order valence-electron chi connectivity index (χ0n) is 14.6. The van der Waals surface area contributed by atoms with Crippen molar-refractivity contribution < 1.29 is 9.47 Å². The number of para-hydroxylation sites is 1. The molecule has 4 rings (SSSR count). The van der Waals surface area contributed by atoms with Crippen LogP contribution >= 0.6 is 0 Å². The molecule has 2 aromatic carbocycles. The van der Waals surface area contributed by atoms with Gasteiger partial charge in [-0.25, -0.2) is 9.97 Å². The van der Waals surface area contributed by atoms with E-state index in [0.717, 1.165) is 28.4 Å². The fourth-order valence-corrected chi connectivity index (χ4v) is 2.71. The Kier molecular flexibility index (Phi) is 4.27. The van der Waals surface area contributed by atoms with Crippen LogP contribution in [0.3, 0.4) is 0 Å². The maximum Gasteiger partial charge on any atom is 0.178 e. The molecule has 0 saturated carbocycles. The van der Waals surface area contributed by atoms with E-state index in [2.05, 4.69) is 15.0 Å². The quantitative estimate of drug-likeness (QED) is 0.540. The molecule has 0 fully saturated rings. The summed E-state index contributed by atoms with van der Waals surface area (Å²) in [6, 6.07) is 19.3. The van der Waals surface area contributed by atoms with Gasteiger partial charge in [-0.3, -0.25) is 0 Å². The van der Waals surface area contributed by atoms with Gasteiger partial charge in [-0.05, 0) is 50.2 Å². The summed E-state index contributed by atoms with van der Waals surface area (Å²) in [6.07, 6.45) is 1.79. The van der Waals surface area contributed by atoms with Crippen molar-refractivity contribution in [3.8, 4) is 28.6 Å². The maximum atomic E-state index is 6.00. The topological polar surface area (TPSA) is 60.0 Å². The third-order valence-electron chi connectivity index (χ3n) is 3.76. The maximum absolute atomic E-state index is 6.00. The van der Waals surface area contributed by atoms with Crippen LogP contribution in [0.1, 0.15) is 13.8 Å². The third-order valence-corrected chi connectivity index (χ3v) is 3.76. The molecule has 0 spiro atoms. The summed E-state index contributed by atoms with van der Waals surface area (Å²) < 4.78 is 11.9. The highest BCUT2D eigenvalue weighted by Gasteiger charge is 2.11. The lowest BCUT2D eigenvalue weighted by molar-refractivity contribution is 0.241. The molecular formula is C21H19N3O2. The lowest BCUT2D eigenvalue weighted by atomic mass is 10.2. The highest BCUT2D eigenvalue weighted by Crippen LogP contribution is 2.32. The minimum Gasteiger partial charge on any atom is -0.491 e. The number of fused-ring (bicyclic) bond motifs is 1. The summed E-state index contributed by atoms with van der Waals surface area (Å²) >= 11 is 0. The molecule has 0 amide bonds. The number of nitrogens with zero attached hydrogens (tertiary/aromatic N) is 2. The molecule has 130 valence electrons. The van der Waals surface area contributed by atoms with E-state index in [0.29, 0.717) is 11.4 Å². The van der Waals surface area contributed by atoms with Gasteiger partial charge in [0.25, 0.3) is 0 Å². The van der Waals surface area contributed by atoms with Gasteiger partial charge in [0.05, 0.1) is 11.6 Å². The van der Waals surface area contributed by atoms with E-state index in [4.69, 9.17) is 9.47 Å². The van der Waals surface area contributed by atoms with Crippen molar-refractivity contribution in [1.82, 2.24) is 15.0 Å². The number of rotatable bonds is 5. The zero-order chi connectivity index (χ0) is 17.9. The van der Waals surface area contributed by atoms with Gasteiger partial charge in [-0.2, -0.15) is 0 Å². The number of H-pyrrole nitrogens is 1. The highest BCUT2D eigenvalue weighted by atomic mass is 16.5. The van der Waals surface area contributed by atoms with E-state index in [-0.39, 0.29) is 6.10 Å². The number of benzene rings is 2. The summed E-state index contributed by atoms with van der Waals surface area (Å²) in [7, 11) is 0. The molecule has 1 N–H and O–H groups in total. The SMILES string of the molecule is CC(C)Oc1cc(Oc2ccccc2)cc(-c2nc3ncccc3[nH]2)c1. The van der Waals surface area contributed by atoms with Crippen molar-refractivity contribution in [1.29, 1.82) is 0 Å². The highest BCUT2D eigenvalue weighted by molar-refractivity contribution is 5.76. The number of hydrogen-bond acceptors (Lipinski definition) is 4. The van der Waals surface area contributed by atoms with E-state index in [9.17, 15) is 0 Å². The molecule has 0 radical (unpaired) electrons. The van der Waals surface area contributed by atoms with Crippen LogP contribution < -0.4 is 9.47 Å². The van der Waals surface area contributed by atoms with Gasteiger partial charge in [0.1, 0.15) is 23.1 Å². The van der Waals surface area contributed by atoms with Crippen LogP contribution in [-0.4, -0.2) is 21.1 Å². The first-order valence-corrected chi connectivity index (χ1v) is 8.53. The second kappa shape index (κ2) is 6.88. The summed E-state index contributed by atoms with van der Waals surface area (Å²) in [5.41, 5.74) is 2.46. The van der Waals surface area contributed by atoms with Crippen molar-refractivity contribution in [2.75, 3.05) is 0 Å². The molecule has 0 unspecified atom stereocenters. The Hall–Kier alpha value is -3.34. The molecule has 0 aliphatic carbocycles. The number of aromatic nitrogens is 3. The van der Waals surface area contributed by atoms with E-state index < -0.39 is 0 Å². The summed E-state index contributed by atoms with van der Waals surface area (Å²) in [4.78, 5) is 12.2. The Morgan fingerprint density at radius 3 is 2.46 bits per heavy atom. The van der Waals surface area contributed by atoms with Crippen molar-refractivity contribution in [2.24, 2.45) is 0 Å². The predicted molar refractivity (Wildman–Crippen MR) is 102 cm³/mol. The van der Waals surface area contributed by atoms with Crippen LogP contribution in [0.2, 0.25) is 0 Å². The van der Waals surface area contributed by atoms with Crippen molar-refractivity contribution >= 4 is 11.2 Å². The fraction of sp³-hybridized carbons (Fsp3) is 0.143. The van der Waals surface area contributed by atoms with Gasteiger partial charge < -0.3 is 14.5 Å². The van der Waals surface area contributed by atoms with Gasteiger partial charge in [-0.15, -0.1) is 0 Å². The number of hydrogen-bond donors (Lipinski definition) is 1. The molecule has 5 nitrogen and oxygen atoms in total. The predicted octanol–water partition coefficient (Wildman–Crippen LogP) is 5.20. The number of aromatic amines is 1. The second-order valence-corrected chi connectivity index (χ2v) is 6.23. The number of imidazole rings is 1. The average molecular weight is 345 g/mol. The lowest BCUT2D eigenvalue weighted by Gasteiger charge is -2.13. The van der Waals surface area contributed by atoms with E-state index in [1.807, 2.05) is 74.5 Å². The average Bonchev–Trinajstić information content (AvgIpc) is 3.06. The Balaban J connectivity index is 1.76. The molecule has 4 aromatic rings. The molecule has 5 heteroatoms. The van der Waals surface area contributed by atoms with Crippen LogP contribution in [0.25, 0.3) is 22.6 Å². The normalized spacial score (nSPS) is 11.0. The van der Waals surface area contributed by atoms with Crippen LogP contribution in [0, 0.1) is 0 Å². The summed E-state index contributed by atoms with van der Waals surface area (Å²) in [5, 5.41) is 0. The Morgan fingerprint density at radius 1 is 0.885 bits per heavy atom. The molecular weight excluding hydrogens is 326 g/mol. The van der Waals surface area contributed by atoms with Crippen LogP contribution in [0.5, 0.6) is 17.2 Å².